The predicted octanol–water partition coefficient (Wildman–Crippen LogP) is 2.45. The molecule has 0 aromatic carbocycles. The summed E-state index contributed by atoms with van der Waals surface area (Å²) in [6.45, 7) is 7.02. The standard InChI is InChI=1S/C14H21N3O/c1-10-8-11(9-12(15-4)16-10)13(18)17-7-5-6-14(17,2)3/h8-9H,5-7H2,1-4H3,(H,15,16). The molecule has 18 heavy (non-hydrogen) atoms. The van der Waals surface area contributed by atoms with E-state index >= 15 is 0 Å². The average Bonchev–Trinajstić information content (AvgIpc) is 2.67. The highest BCUT2D eigenvalue weighted by atomic mass is 16.2. The van der Waals surface area contributed by atoms with Gasteiger partial charge in [0.2, 0.25) is 0 Å². The minimum absolute atomic E-state index is 0.0337. The van der Waals surface area contributed by atoms with Crippen LogP contribution in [0.2, 0.25) is 0 Å². The molecule has 1 N–H and O–H groups in total. The molecule has 1 aromatic rings. The highest BCUT2D eigenvalue weighted by Gasteiger charge is 2.35. The van der Waals surface area contributed by atoms with Crippen molar-refractivity contribution in [3.05, 3.63) is 23.4 Å². The smallest absolute Gasteiger partial charge is 0.254 e. The van der Waals surface area contributed by atoms with E-state index in [2.05, 4.69) is 24.1 Å². The molecule has 1 aliphatic rings. The lowest BCUT2D eigenvalue weighted by Gasteiger charge is -2.31. The van der Waals surface area contributed by atoms with Crippen molar-refractivity contribution in [2.75, 3.05) is 18.9 Å². The Morgan fingerprint density at radius 2 is 2.17 bits per heavy atom. The van der Waals surface area contributed by atoms with E-state index in [1.165, 1.54) is 0 Å². The Morgan fingerprint density at radius 1 is 1.44 bits per heavy atom. The first-order valence-corrected chi connectivity index (χ1v) is 6.42. The number of carbonyl (C=O) groups is 1. The Hall–Kier alpha value is -1.58. The zero-order chi connectivity index (χ0) is 13.3. The van der Waals surface area contributed by atoms with E-state index in [4.69, 9.17) is 0 Å². The summed E-state index contributed by atoms with van der Waals surface area (Å²) >= 11 is 0. The molecule has 1 aliphatic heterocycles. The summed E-state index contributed by atoms with van der Waals surface area (Å²) < 4.78 is 0. The predicted molar refractivity (Wildman–Crippen MR) is 72.9 cm³/mol. The molecule has 4 heteroatoms. The lowest BCUT2D eigenvalue weighted by molar-refractivity contribution is 0.0652. The molecule has 1 fully saturated rings. The van der Waals surface area contributed by atoms with Crippen molar-refractivity contribution >= 4 is 11.7 Å². The van der Waals surface area contributed by atoms with Crippen molar-refractivity contribution in [2.45, 2.75) is 39.2 Å². The second kappa shape index (κ2) is 4.59. The fourth-order valence-electron chi connectivity index (χ4n) is 2.56. The van der Waals surface area contributed by atoms with Gasteiger partial charge in [0.15, 0.2) is 0 Å². The van der Waals surface area contributed by atoms with Crippen LogP contribution in [-0.2, 0) is 0 Å². The van der Waals surface area contributed by atoms with E-state index in [0.717, 1.165) is 36.5 Å². The molecule has 0 spiro atoms. The van der Waals surface area contributed by atoms with E-state index in [1.54, 1.807) is 0 Å². The number of hydrogen-bond donors (Lipinski definition) is 1. The highest BCUT2D eigenvalue weighted by molar-refractivity contribution is 5.95. The summed E-state index contributed by atoms with van der Waals surface area (Å²) in [5.41, 5.74) is 1.55. The SMILES string of the molecule is CNc1cc(C(=O)N2CCCC2(C)C)cc(C)n1. The van der Waals surface area contributed by atoms with E-state index in [0.29, 0.717) is 0 Å². The Balaban J connectivity index is 2.31. The van der Waals surface area contributed by atoms with Gasteiger partial charge in [0.25, 0.3) is 5.91 Å². The first kappa shape index (κ1) is 12.9. The van der Waals surface area contributed by atoms with E-state index in [9.17, 15) is 4.79 Å². The van der Waals surface area contributed by atoms with Gasteiger partial charge in [0.1, 0.15) is 5.82 Å². The first-order chi connectivity index (χ1) is 8.44. The Kier molecular flexibility index (Phi) is 3.28. The van der Waals surface area contributed by atoms with Gasteiger partial charge in [-0.2, -0.15) is 0 Å². The number of hydrogen-bond acceptors (Lipinski definition) is 3. The maximum Gasteiger partial charge on any atom is 0.254 e. The van der Waals surface area contributed by atoms with Gasteiger partial charge in [-0.05, 0) is 45.7 Å². The minimum Gasteiger partial charge on any atom is -0.373 e. The molecule has 0 aliphatic carbocycles. The lowest BCUT2D eigenvalue weighted by atomic mass is 10.0. The number of nitrogens with one attached hydrogen (secondary N) is 1. The van der Waals surface area contributed by atoms with Crippen LogP contribution in [0.1, 0.15) is 42.7 Å². The lowest BCUT2D eigenvalue weighted by Crippen LogP contribution is -2.42. The van der Waals surface area contributed by atoms with Crippen LogP contribution in [0.3, 0.4) is 0 Å². The maximum absolute atomic E-state index is 12.6. The van der Waals surface area contributed by atoms with Gasteiger partial charge in [-0.15, -0.1) is 0 Å². The van der Waals surface area contributed by atoms with Crippen LogP contribution in [0, 0.1) is 6.92 Å². The van der Waals surface area contributed by atoms with Crippen molar-refractivity contribution in [3.63, 3.8) is 0 Å². The van der Waals surface area contributed by atoms with Crippen molar-refractivity contribution in [2.24, 2.45) is 0 Å². The normalized spacial score (nSPS) is 17.9. The van der Waals surface area contributed by atoms with Crippen LogP contribution in [0.15, 0.2) is 12.1 Å². The van der Waals surface area contributed by atoms with Crippen molar-refractivity contribution in [1.29, 1.82) is 0 Å². The molecule has 0 unspecified atom stereocenters. The molecular weight excluding hydrogens is 226 g/mol. The Bertz CT molecular complexity index is 468. The number of aromatic nitrogens is 1. The van der Waals surface area contributed by atoms with Crippen LogP contribution in [0.4, 0.5) is 5.82 Å². The number of amides is 1. The fourth-order valence-corrected chi connectivity index (χ4v) is 2.56. The van der Waals surface area contributed by atoms with Crippen LogP contribution < -0.4 is 5.32 Å². The number of carbonyl (C=O) groups excluding carboxylic acids is 1. The third kappa shape index (κ3) is 2.33. The van der Waals surface area contributed by atoms with Gasteiger partial charge in [0.05, 0.1) is 0 Å². The van der Waals surface area contributed by atoms with Crippen LogP contribution in [0.5, 0.6) is 0 Å². The minimum atomic E-state index is -0.0337. The number of rotatable bonds is 2. The first-order valence-electron chi connectivity index (χ1n) is 6.42. The van der Waals surface area contributed by atoms with Crippen LogP contribution in [-0.4, -0.2) is 34.9 Å². The molecule has 0 bridgehead atoms. The van der Waals surface area contributed by atoms with Crippen LogP contribution in [0.25, 0.3) is 0 Å². The summed E-state index contributed by atoms with van der Waals surface area (Å²) in [4.78, 5) is 18.8. The third-order valence-corrected chi connectivity index (χ3v) is 3.60. The van der Waals surface area contributed by atoms with Crippen molar-refractivity contribution < 1.29 is 4.79 Å². The molecule has 4 nitrogen and oxygen atoms in total. The van der Waals surface area contributed by atoms with E-state index in [-0.39, 0.29) is 11.4 Å². The Labute approximate surface area is 108 Å². The topological polar surface area (TPSA) is 45.2 Å². The molecule has 0 atom stereocenters. The molecule has 0 saturated carbocycles. The van der Waals surface area contributed by atoms with Gasteiger partial charge < -0.3 is 10.2 Å². The molecule has 2 heterocycles. The maximum atomic E-state index is 12.6. The third-order valence-electron chi connectivity index (χ3n) is 3.60. The van der Waals surface area contributed by atoms with Gasteiger partial charge >= 0.3 is 0 Å². The summed E-state index contributed by atoms with van der Waals surface area (Å²) in [6, 6.07) is 3.68. The average molecular weight is 247 g/mol. The van der Waals surface area contributed by atoms with Gasteiger partial charge in [-0.1, -0.05) is 0 Å². The number of likely N-dealkylation sites (tertiary alicyclic amines) is 1. The molecule has 98 valence electrons. The zero-order valence-corrected chi connectivity index (χ0v) is 11.6. The van der Waals surface area contributed by atoms with Crippen molar-refractivity contribution in [3.8, 4) is 0 Å². The quantitative estimate of drug-likeness (QED) is 0.873. The summed E-state index contributed by atoms with van der Waals surface area (Å²) in [6.07, 6.45) is 2.16. The van der Waals surface area contributed by atoms with Gasteiger partial charge in [-0.3, -0.25) is 4.79 Å². The number of nitrogens with zero attached hydrogens (tertiary/aromatic N) is 2. The number of aryl methyl sites for hydroxylation is 1. The molecule has 0 radical (unpaired) electrons. The molecule has 2 rings (SSSR count). The summed E-state index contributed by atoms with van der Waals surface area (Å²) in [5.74, 6) is 0.856. The number of anilines is 1. The monoisotopic (exact) mass is 247 g/mol. The largest absolute Gasteiger partial charge is 0.373 e. The van der Waals surface area contributed by atoms with Gasteiger partial charge in [0, 0.05) is 30.4 Å². The fraction of sp³-hybridized carbons (Fsp3) is 0.571. The van der Waals surface area contributed by atoms with Gasteiger partial charge in [-0.25, -0.2) is 4.98 Å². The molecule has 1 saturated heterocycles. The number of pyridine rings is 1. The summed E-state index contributed by atoms with van der Waals surface area (Å²) in [7, 11) is 1.82. The second-order valence-electron chi connectivity index (χ2n) is 5.51. The highest BCUT2D eigenvalue weighted by Crippen LogP contribution is 2.30. The van der Waals surface area contributed by atoms with Crippen molar-refractivity contribution in [1.82, 2.24) is 9.88 Å². The second-order valence-corrected chi connectivity index (χ2v) is 5.51. The molecule has 1 aromatic heterocycles. The molecule has 1 amide bonds. The van der Waals surface area contributed by atoms with Crippen LogP contribution >= 0.6 is 0 Å². The Morgan fingerprint density at radius 3 is 2.72 bits per heavy atom. The van der Waals surface area contributed by atoms with E-state index in [1.807, 2.05) is 31.0 Å². The summed E-state index contributed by atoms with van der Waals surface area (Å²) in [5, 5.41) is 2.99. The zero-order valence-electron chi connectivity index (χ0n) is 11.6. The molecular formula is C14H21N3O. The van der Waals surface area contributed by atoms with E-state index < -0.39 is 0 Å².